The van der Waals surface area contributed by atoms with E-state index in [1.165, 1.54) is 17.1 Å². The minimum Gasteiger partial charge on any atom is -0.497 e. The summed E-state index contributed by atoms with van der Waals surface area (Å²) in [5.41, 5.74) is 2.46. The third kappa shape index (κ3) is 4.79. The summed E-state index contributed by atoms with van der Waals surface area (Å²) in [6.07, 6.45) is 9.43. The van der Waals surface area contributed by atoms with E-state index in [4.69, 9.17) is 19.0 Å². The summed E-state index contributed by atoms with van der Waals surface area (Å²) in [7, 11) is 1.58. The SMILES string of the molecule is COC1=C(OCc2ccco2)C=CC(/C=C2\C(=O)N(c3ccc(C(=O)O)cc3)N=C2C)=CC1. The molecule has 8 heteroatoms. The van der Waals surface area contributed by atoms with Crippen molar-refractivity contribution >= 4 is 23.3 Å². The second-order valence-corrected chi connectivity index (χ2v) is 7.31. The number of ether oxygens (including phenoxy) is 2. The van der Waals surface area contributed by atoms with Gasteiger partial charge in [0.25, 0.3) is 5.91 Å². The van der Waals surface area contributed by atoms with Crippen LogP contribution < -0.4 is 5.01 Å². The smallest absolute Gasteiger partial charge is 0.335 e. The first-order valence-electron chi connectivity index (χ1n) is 10.2. The molecule has 33 heavy (non-hydrogen) atoms. The van der Waals surface area contributed by atoms with Gasteiger partial charge in [-0.2, -0.15) is 10.1 Å². The van der Waals surface area contributed by atoms with Gasteiger partial charge >= 0.3 is 5.97 Å². The van der Waals surface area contributed by atoms with E-state index in [1.54, 1.807) is 50.6 Å². The molecule has 2 aromatic rings. The Morgan fingerprint density at radius 3 is 2.70 bits per heavy atom. The summed E-state index contributed by atoms with van der Waals surface area (Å²) in [6, 6.07) is 9.63. The average molecular weight is 446 g/mol. The van der Waals surface area contributed by atoms with Gasteiger partial charge in [0.05, 0.1) is 35.9 Å². The lowest BCUT2D eigenvalue weighted by molar-refractivity contribution is -0.114. The molecule has 168 valence electrons. The van der Waals surface area contributed by atoms with E-state index in [1.807, 2.05) is 18.2 Å². The molecule has 0 bridgehead atoms. The number of anilines is 1. The third-order valence-electron chi connectivity index (χ3n) is 5.15. The first kappa shape index (κ1) is 21.9. The van der Waals surface area contributed by atoms with Crippen molar-refractivity contribution in [3.63, 3.8) is 0 Å². The summed E-state index contributed by atoms with van der Waals surface area (Å²) < 4.78 is 16.6. The fraction of sp³-hybridized carbons (Fsp3) is 0.160. The van der Waals surface area contributed by atoms with Gasteiger partial charge in [-0.15, -0.1) is 0 Å². The Hall–Kier alpha value is -4.33. The highest BCUT2D eigenvalue weighted by Gasteiger charge is 2.29. The molecule has 2 heterocycles. The third-order valence-corrected chi connectivity index (χ3v) is 5.15. The monoisotopic (exact) mass is 446 g/mol. The number of carboxylic acid groups (broad SMARTS) is 1. The molecule has 1 amide bonds. The van der Waals surface area contributed by atoms with E-state index in [9.17, 15) is 9.59 Å². The largest absolute Gasteiger partial charge is 0.497 e. The zero-order valence-corrected chi connectivity index (χ0v) is 18.1. The Bertz CT molecular complexity index is 1210. The van der Waals surface area contributed by atoms with Gasteiger partial charge in [0.2, 0.25) is 0 Å². The Morgan fingerprint density at radius 1 is 1.24 bits per heavy atom. The van der Waals surface area contributed by atoms with Crippen molar-refractivity contribution in [3.05, 3.63) is 101 Å². The highest BCUT2D eigenvalue weighted by Crippen LogP contribution is 2.27. The molecule has 0 spiro atoms. The Kier molecular flexibility index (Phi) is 6.26. The van der Waals surface area contributed by atoms with Crippen molar-refractivity contribution in [3.8, 4) is 0 Å². The van der Waals surface area contributed by atoms with E-state index < -0.39 is 5.97 Å². The van der Waals surface area contributed by atoms with Gasteiger partial charge in [-0.1, -0.05) is 12.2 Å². The van der Waals surface area contributed by atoms with Crippen LogP contribution in [0.3, 0.4) is 0 Å². The number of hydrazone groups is 1. The molecule has 0 saturated carbocycles. The zero-order chi connectivity index (χ0) is 23.4. The molecule has 1 aromatic heterocycles. The van der Waals surface area contributed by atoms with Crippen LogP contribution >= 0.6 is 0 Å². The molecule has 1 aromatic carbocycles. The normalized spacial score (nSPS) is 17.2. The fourth-order valence-corrected chi connectivity index (χ4v) is 3.38. The van der Waals surface area contributed by atoms with Gasteiger partial charge in [0, 0.05) is 6.42 Å². The summed E-state index contributed by atoms with van der Waals surface area (Å²) in [6.45, 7) is 2.03. The van der Waals surface area contributed by atoms with Crippen molar-refractivity contribution in [2.24, 2.45) is 5.10 Å². The van der Waals surface area contributed by atoms with Crippen LogP contribution in [0.2, 0.25) is 0 Å². The van der Waals surface area contributed by atoms with Crippen molar-refractivity contribution in [1.29, 1.82) is 0 Å². The topological polar surface area (TPSA) is 102 Å². The molecule has 0 saturated heterocycles. The zero-order valence-electron chi connectivity index (χ0n) is 18.1. The van der Waals surface area contributed by atoms with Gasteiger partial charge in [-0.3, -0.25) is 4.79 Å². The first-order valence-corrected chi connectivity index (χ1v) is 10.2. The Labute approximate surface area is 190 Å². The first-order chi connectivity index (χ1) is 16.0. The van der Waals surface area contributed by atoms with Gasteiger partial charge in [0.1, 0.15) is 18.1 Å². The molecule has 1 aliphatic heterocycles. The van der Waals surface area contributed by atoms with Crippen LogP contribution in [0, 0.1) is 0 Å². The van der Waals surface area contributed by atoms with Crippen molar-refractivity contribution in [1.82, 2.24) is 0 Å². The molecule has 0 unspecified atom stereocenters. The quantitative estimate of drug-likeness (QED) is 0.625. The number of carbonyl (C=O) groups excluding carboxylic acids is 1. The lowest BCUT2D eigenvalue weighted by atomic mass is 10.1. The summed E-state index contributed by atoms with van der Waals surface area (Å²) >= 11 is 0. The molecule has 0 fully saturated rings. The van der Waals surface area contributed by atoms with Gasteiger partial charge < -0.3 is 19.0 Å². The van der Waals surface area contributed by atoms with Gasteiger partial charge in [-0.25, -0.2) is 4.79 Å². The maximum absolute atomic E-state index is 13.0. The lowest BCUT2D eigenvalue weighted by Crippen LogP contribution is -2.21. The molecule has 4 rings (SSSR count). The van der Waals surface area contributed by atoms with E-state index in [0.29, 0.717) is 40.7 Å². The molecule has 0 radical (unpaired) electrons. The van der Waals surface area contributed by atoms with Gasteiger partial charge in [-0.05, 0) is 61.0 Å². The van der Waals surface area contributed by atoms with Crippen LogP contribution in [-0.4, -0.2) is 29.8 Å². The number of carboxylic acids is 1. The van der Waals surface area contributed by atoms with Crippen LogP contribution in [0.25, 0.3) is 0 Å². The second kappa shape index (κ2) is 9.44. The van der Waals surface area contributed by atoms with Crippen molar-refractivity contribution in [2.45, 2.75) is 20.0 Å². The van der Waals surface area contributed by atoms with E-state index in [0.717, 1.165) is 5.57 Å². The number of nitrogens with zero attached hydrogens (tertiary/aromatic N) is 2. The number of hydrogen-bond donors (Lipinski definition) is 1. The van der Waals surface area contributed by atoms with E-state index >= 15 is 0 Å². The molecule has 1 aliphatic carbocycles. The standard InChI is InChI=1S/C25H22N2O6/c1-16-21(24(28)27(26-16)19-9-7-18(8-10-19)25(29)30)14-17-5-11-22(31-2)23(12-6-17)33-15-20-4-3-13-32-20/h3-10,12-14H,11,15H2,1-2H3,(H,29,30)/b21-14-. The predicted molar refractivity (Wildman–Crippen MR) is 121 cm³/mol. The van der Waals surface area contributed by atoms with E-state index in [2.05, 4.69) is 5.10 Å². The molecular formula is C25H22N2O6. The van der Waals surface area contributed by atoms with Crippen LogP contribution in [0.15, 0.2) is 99.1 Å². The fourth-order valence-electron chi connectivity index (χ4n) is 3.38. The lowest BCUT2D eigenvalue weighted by Gasteiger charge is -2.11. The second-order valence-electron chi connectivity index (χ2n) is 7.31. The molecule has 0 atom stereocenters. The summed E-state index contributed by atoms with van der Waals surface area (Å²) in [5.74, 6) is 0.628. The number of carbonyl (C=O) groups is 2. The van der Waals surface area contributed by atoms with Crippen molar-refractivity contribution in [2.75, 3.05) is 12.1 Å². The maximum atomic E-state index is 13.0. The number of methoxy groups -OCH3 is 1. The molecular weight excluding hydrogens is 424 g/mol. The summed E-state index contributed by atoms with van der Waals surface area (Å²) in [4.78, 5) is 24.1. The molecule has 2 aliphatic rings. The van der Waals surface area contributed by atoms with E-state index in [-0.39, 0.29) is 18.1 Å². The van der Waals surface area contributed by atoms with Crippen LogP contribution in [0.5, 0.6) is 0 Å². The number of amides is 1. The average Bonchev–Trinajstić information content (AvgIpc) is 3.37. The number of hydrogen-bond acceptors (Lipinski definition) is 6. The minimum absolute atomic E-state index is 0.141. The van der Waals surface area contributed by atoms with Crippen LogP contribution in [0.1, 0.15) is 29.5 Å². The highest BCUT2D eigenvalue weighted by molar-refractivity contribution is 6.30. The molecule has 1 N–H and O–H groups in total. The number of furan rings is 1. The van der Waals surface area contributed by atoms with Crippen molar-refractivity contribution < 1.29 is 28.6 Å². The Morgan fingerprint density at radius 2 is 2.03 bits per heavy atom. The van der Waals surface area contributed by atoms with Gasteiger partial charge in [0.15, 0.2) is 5.76 Å². The highest BCUT2D eigenvalue weighted by atomic mass is 16.5. The molecule has 8 nitrogen and oxygen atoms in total. The number of allylic oxidation sites excluding steroid dienone is 5. The number of aromatic carboxylic acids is 1. The maximum Gasteiger partial charge on any atom is 0.335 e. The number of benzene rings is 1. The predicted octanol–water partition coefficient (Wildman–Crippen LogP) is 4.59. The summed E-state index contributed by atoms with van der Waals surface area (Å²) in [5, 5.41) is 14.7. The van der Waals surface area contributed by atoms with Crippen LogP contribution in [-0.2, 0) is 20.9 Å². The number of rotatable bonds is 7. The van der Waals surface area contributed by atoms with Crippen LogP contribution in [0.4, 0.5) is 5.69 Å². The minimum atomic E-state index is -1.03. The Balaban J connectivity index is 1.51.